The molecule has 0 saturated heterocycles. The highest BCUT2D eigenvalue weighted by molar-refractivity contribution is 5.77. The first-order chi connectivity index (χ1) is 10.7. The number of carbonyl (C=O) groups is 1. The molecule has 1 atom stereocenters. The van der Waals surface area contributed by atoms with E-state index >= 15 is 0 Å². The topological polar surface area (TPSA) is 58.6 Å². The van der Waals surface area contributed by atoms with E-state index in [2.05, 4.69) is 5.32 Å². The number of nitrogens with one attached hydrogen (secondary N) is 1. The van der Waals surface area contributed by atoms with Crippen LogP contribution < -0.4 is 10.1 Å². The van der Waals surface area contributed by atoms with Crippen LogP contribution in [-0.4, -0.2) is 30.3 Å². The maximum atomic E-state index is 11.9. The lowest BCUT2D eigenvalue weighted by Gasteiger charge is -2.16. The van der Waals surface area contributed by atoms with Crippen molar-refractivity contribution < 1.29 is 14.6 Å². The molecule has 2 aromatic carbocycles. The quantitative estimate of drug-likeness (QED) is 0.823. The van der Waals surface area contributed by atoms with Crippen LogP contribution in [0.25, 0.3) is 0 Å². The van der Waals surface area contributed by atoms with Gasteiger partial charge in [0.15, 0.2) is 6.61 Å². The predicted octanol–water partition coefficient (Wildman–Crippen LogP) is 2.09. The van der Waals surface area contributed by atoms with E-state index in [1.54, 1.807) is 0 Å². The van der Waals surface area contributed by atoms with E-state index in [1.807, 2.05) is 61.5 Å². The molecule has 2 rings (SSSR count). The van der Waals surface area contributed by atoms with Crippen molar-refractivity contribution in [1.82, 2.24) is 5.32 Å². The zero-order chi connectivity index (χ0) is 15.8. The number of hydrogen-bond acceptors (Lipinski definition) is 3. The summed E-state index contributed by atoms with van der Waals surface area (Å²) in [4.78, 5) is 11.9. The minimum absolute atomic E-state index is 0.0608. The van der Waals surface area contributed by atoms with Crippen LogP contribution in [0.4, 0.5) is 0 Å². The zero-order valence-electron chi connectivity index (χ0n) is 12.7. The lowest BCUT2D eigenvalue weighted by Crippen LogP contribution is -2.41. The molecule has 0 aliphatic carbocycles. The van der Waals surface area contributed by atoms with Crippen molar-refractivity contribution >= 4 is 5.91 Å². The summed E-state index contributed by atoms with van der Waals surface area (Å²) in [6.45, 7) is 1.80. The molecule has 0 heterocycles. The maximum absolute atomic E-state index is 11.9. The van der Waals surface area contributed by atoms with Gasteiger partial charge in [-0.1, -0.05) is 42.5 Å². The van der Waals surface area contributed by atoms with Crippen molar-refractivity contribution in [2.75, 3.05) is 13.2 Å². The molecule has 0 spiro atoms. The first-order valence-corrected chi connectivity index (χ1v) is 7.31. The second kappa shape index (κ2) is 8.20. The Labute approximate surface area is 130 Å². The lowest BCUT2D eigenvalue weighted by atomic mass is 10.1. The van der Waals surface area contributed by atoms with Crippen molar-refractivity contribution in [1.29, 1.82) is 0 Å². The Bertz CT molecular complexity index is 598. The van der Waals surface area contributed by atoms with Crippen LogP contribution in [0, 0.1) is 6.92 Å². The van der Waals surface area contributed by atoms with E-state index in [0.717, 1.165) is 11.1 Å². The van der Waals surface area contributed by atoms with E-state index in [1.165, 1.54) is 0 Å². The molecule has 0 saturated carbocycles. The molecule has 2 aromatic rings. The molecule has 0 fully saturated rings. The fourth-order valence-electron chi connectivity index (χ4n) is 2.18. The fourth-order valence-corrected chi connectivity index (χ4v) is 2.18. The molecule has 1 unspecified atom stereocenters. The Hall–Kier alpha value is -2.33. The van der Waals surface area contributed by atoms with E-state index in [9.17, 15) is 9.90 Å². The van der Waals surface area contributed by atoms with Gasteiger partial charge in [-0.15, -0.1) is 0 Å². The first kappa shape index (κ1) is 16.0. The van der Waals surface area contributed by atoms with Gasteiger partial charge in [0.1, 0.15) is 5.75 Å². The largest absolute Gasteiger partial charge is 0.484 e. The lowest BCUT2D eigenvalue weighted by molar-refractivity contribution is -0.124. The van der Waals surface area contributed by atoms with Crippen LogP contribution in [0.5, 0.6) is 5.75 Å². The Morgan fingerprint density at radius 2 is 1.95 bits per heavy atom. The van der Waals surface area contributed by atoms with Crippen LogP contribution in [-0.2, 0) is 11.2 Å². The van der Waals surface area contributed by atoms with Crippen molar-refractivity contribution in [2.45, 2.75) is 19.4 Å². The third kappa shape index (κ3) is 5.22. The number of aliphatic hydroxyl groups excluding tert-OH is 1. The first-order valence-electron chi connectivity index (χ1n) is 7.31. The fraction of sp³-hybridized carbons (Fsp3) is 0.278. The van der Waals surface area contributed by atoms with E-state index in [4.69, 9.17) is 4.74 Å². The average molecular weight is 299 g/mol. The normalized spacial score (nSPS) is 11.7. The summed E-state index contributed by atoms with van der Waals surface area (Å²) in [6, 6.07) is 17.0. The number of carbonyl (C=O) groups excluding carboxylic acids is 1. The summed E-state index contributed by atoms with van der Waals surface area (Å²) in [7, 11) is 0. The molecule has 1 amide bonds. The van der Waals surface area contributed by atoms with Gasteiger partial charge < -0.3 is 15.2 Å². The molecular weight excluding hydrogens is 278 g/mol. The van der Waals surface area contributed by atoms with Gasteiger partial charge in [-0.25, -0.2) is 0 Å². The van der Waals surface area contributed by atoms with Crippen LogP contribution in [0.15, 0.2) is 54.6 Å². The molecule has 116 valence electrons. The summed E-state index contributed by atoms with van der Waals surface area (Å²) in [5.74, 6) is 0.426. The number of hydrogen-bond donors (Lipinski definition) is 2. The highest BCUT2D eigenvalue weighted by atomic mass is 16.5. The molecule has 2 N–H and O–H groups in total. The molecule has 0 aliphatic rings. The molecule has 22 heavy (non-hydrogen) atoms. The highest BCUT2D eigenvalue weighted by Crippen LogP contribution is 2.12. The van der Waals surface area contributed by atoms with Crippen molar-refractivity contribution in [3.63, 3.8) is 0 Å². The number of aryl methyl sites for hydroxylation is 1. The summed E-state index contributed by atoms with van der Waals surface area (Å²) in [6.07, 6.45) is 0.591. The van der Waals surface area contributed by atoms with Crippen molar-refractivity contribution in [3.05, 3.63) is 65.7 Å². The average Bonchev–Trinajstić information content (AvgIpc) is 2.53. The minimum atomic E-state index is -0.309. The Morgan fingerprint density at radius 3 is 2.64 bits per heavy atom. The Balaban J connectivity index is 1.82. The van der Waals surface area contributed by atoms with Crippen LogP contribution in [0.3, 0.4) is 0 Å². The van der Waals surface area contributed by atoms with Gasteiger partial charge in [0.25, 0.3) is 5.91 Å². The van der Waals surface area contributed by atoms with E-state index in [-0.39, 0.29) is 25.2 Å². The van der Waals surface area contributed by atoms with Gasteiger partial charge in [-0.2, -0.15) is 0 Å². The molecule has 4 nitrogen and oxygen atoms in total. The van der Waals surface area contributed by atoms with Crippen molar-refractivity contribution in [2.24, 2.45) is 0 Å². The predicted molar refractivity (Wildman–Crippen MR) is 85.8 cm³/mol. The minimum Gasteiger partial charge on any atom is -0.484 e. The second-order valence-electron chi connectivity index (χ2n) is 5.24. The van der Waals surface area contributed by atoms with E-state index in [0.29, 0.717) is 12.2 Å². The number of ether oxygens (including phenoxy) is 1. The summed E-state index contributed by atoms with van der Waals surface area (Å²) in [5, 5.41) is 12.2. The zero-order valence-corrected chi connectivity index (χ0v) is 12.7. The van der Waals surface area contributed by atoms with Crippen molar-refractivity contribution in [3.8, 4) is 5.75 Å². The number of amides is 1. The standard InChI is InChI=1S/C18H21NO3/c1-14-6-5-9-17(10-14)22-13-18(21)19-16(12-20)11-15-7-3-2-4-8-15/h2-10,16,20H,11-13H2,1H3,(H,19,21). The van der Waals surface area contributed by atoms with Crippen LogP contribution in [0.1, 0.15) is 11.1 Å². The number of aliphatic hydroxyl groups is 1. The monoisotopic (exact) mass is 299 g/mol. The van der Waals surface area contributed by atoms with Crippen LogP contribution in [0.2, 0.25) is 0 Å². The van der Waals surface area contributed by atoms with Gasteiger partial charge in [-0.3, -0.25) is 4.79 Å². The SMILES string of the molecule is Cc1cccc(OCC(=O)NC(CO)Cc2ccccc2)c1. The van der Waals surface area contributed by atoms with Gasteiger partial charge in [0.2, 0.25) is 0 Å². The molecule has 0 aliphatic heterocycles. The highest BCUT2D eigenvalue weighted by Gasteiger charge is 2.12. The molecule has 0 radical (unpaired) electrons. The van der Waals surface area contributed by atoms with Crippen LogP contribution >= 0.6 is 0 Å². The smallest absolute Gasteiger partial charge is 0.258 e. The summed E-state index contributed by atoms with van der Waals surface area (Å²) >= 11 is 0. The Kier molecular flexibility index (Phi) is 5.98. The molecule has 0 bridgehead atoms. The number of rotatable bonds is 7. The van der Waals surface area contributed by atoms with Gasteiger partial charge in [0.05, 0.1) is 12.6 Å². The Morgan fingerprint density at radius 1 is 1.18 bits per heavy atom. The third-order valence-electron chi connectivity index (χ3n) is 3.27. The molecule has 0 aromatic heterocycles. The molecule has 4 heteroatoms. The third-order valence-corrected chi connectivity index (χ3v) is 3.27. The maximum Gasteiger partial charge on any atom is 0.258 e. The van der Waals surface area contributed by atoms with Gasteiger partial charge >= 0.3 is 0 Å². The van der Waals surface area contributed by atoms with Gasteiger partial charge in [0, 0.05) is 0 Å². The number of benzene rings is 2. The second-order valence-corrected chi connectivity index (χ2v) is 5.24. The molecular formula is C18H21NO3. The summed E-state index contributed by atoms with van der Waals surface area (Å²) in [5.41, 5.74) is 2.15. The summed E-state index contributed by atoms with van der Waals surface area (Å²) < 4.78 is 5.45. The van der Waals surface area contributed by atoms with Gasteiger partial charge in [-0.05, 0) is 36.6 Å². The van der Waals surface area contributed by atoms with E-state index < -0.39 is 0 Å².